The largest absolute Gasteiger partial charge is 0.368 e. The lowest BCUT2D eigenvalue weighted by Gasteiger charge is -2.33. The van der Waals surface area contributed by atoms with Gasteiger partial charge in [0.2, 0.25) is 0 Å². The van der Waals surface area contributed by atoms with Crippen LogP contribution in [-0.2, 0) is 20.8 Å². The fourth-order valence-electron chi connectivity index (χ4n) is 1.94. The lowest BCUT2D eigenvalue weighted by atomic mass is 10.1. The molecule has 1 aliphatic heterocycles. The predicted molar refractivity (Wildman–Crippen MR) is 70.8 cm³/mol. The Hall–Kier alpha value is -0.610. The molecule has 1 heterocycles. The standard InChI is InChI=1S/C14H19ClO3/c1-10-5-3-4-6-12(10)8-16-13-9-17-14(7-15)18-11(13)2/h3-6,11,13-14H,7-9H2,1-2H3/t11-,13-,14-/m0/s1. The highest BCUT2D eigenvalue weighted by atomic mass is 35.5. The zero-order valence-corrected chi connectivity index (χ0v) is 11.5. The molecule has 0 aliphatic carbocycles. The third-order valence-electron chi connectivity index (χ3n) is 3.18. The lowest BCUT2D eigenvalue weighted by molar-refractivity contribution is -0.249. The van der Waals surface area contributed by atoms with Crippen LogP contribution in [0.1, 0.15) is 18.1 Å². The maximum Gasteiger partial charge on any atom is 0.171 e. The molecule has 0 amide bonds. The number of aryl methyl sites for hydroxylation is 1. The zero-order chi connectivity index (χ0) is 13.0. The Labute approximate surface area is 113 Å². The van der Waals surface area contributed by atoms with E-state index in [0.29, 0.717) is 19.1 Å². The Bertz CT molecular complexity index is 383. The molecule has 1 saturated heterocycles. The second-order valence-corrected chi connectivity index (χ2v) is 4.84. The molecule has 0 saturated carbocycles. The van der Waals surface area contributed by atoms with Gasteiger partial charge in [0.15, 0.2) is 6.29 Å². The molecule has 0 radical (unpaired) electrons. The molecule has 0 bridgehead atoms. The van der Waals surface area contributed by atoms with Crippen LogP contribution in [0.5, 0.6) is 0 Å². The van der Waals surface area contributed by atoms with E-state index in [-0.39, 0.29) is 18.5 Å². The number of rotatable bonds is 4. The number of benzene rings is 1. The molecular formula is C14H19ClO3. The van der Waals surface area contributed by atoms with Crippen molar-refractivity contribution < 1.29 is 14.2 Å². The molecular weight excluding hydrogens is 252 g/mol. The van der Waals surface area contributed by atoms with Crippen LogP contribution in [0, 0.1) is 6.92 Å². The molecule has 0 N–H and O–H groups in total. The van der Waals surface area contributed by atoms with Gasteiger partial charge in [-0.3, -0.25) is 0 Å². The average Bonchev–Trinajstić information content (AvgIpc) is 2.39. The van der Waals surface area contributed by atoms with Crippen molar-refractivity contribution in [2.45, 2.75) is 39.0 Å². The summed E-state index contributed by atoms with van der Waals surface area (Å²) in [7, 11) is 0. The Morgan fingerprint density at radius 3 is 2.83 bits per heavy atom. The topological polar surface area (TPSA) is 27.7 Å². The maximum atomic E-state index is 5.86. The van der Waals surface area contributed by atoms with Crippen LogP contribution in [0.2, 0.25) is 0 Å². The third-order valence-corrected chi connectivity index (χ3v) is 3.43. The van der Waals surface area contributed by atoms with Gasteiger partial charge in [-0.05, 0) is 25.0 Å². The predicted octanol–water partition coefficient (Wildman–Crippen LogP) is 2.88. The summed E-state index contributed by atoms with van der Waals surface area (Å²) in [5.74, 6) is 0.356. The van der Waals surface area contributed by atoms with Crippen LogP contribution in [-0.4, -0.2) is 31.0 Å². The molecule has 1 aromatic rings. The molecule has 4 heteroatoms. The van der Waals surface area contributed by atoms with Crippen LogP contribution >= 0.6 is 11.6 Å². The van der Waals surface area contributed by atoms with E-state index in [1.807, 2.05) is 19.1 Å². The summed E-state index contributed by atoms with van der Waals surface area (Å²) >= 11 is 5.70. The van der Waals surface area contributed by atoms with Crippen molar-refractivity contribution in [1.82, 2.24) is 0 Å². The minimum atomic E-state index is -0.306. The van der Waals surface area contributed by atoms with E-state index in [9.17, 15) is 0 Å². The van der Waals surface area contributed by atoms with Crippen molar-refractivity contribution in [3.8, 4) is 0 Å². The number of ether oxygens (including phenoxy) is 3. The SMILES string of the molecule is Cc1ccccc1CO[C@H]1CO[C@H](CCl)O[C@H]1C. The van der Waals surface area contributed by atoms with Gasteiger partial charge in [-0.1, -0.05) is 24.3 Å². The fraction of sp³-hybridized carbons (Fsp3) is 0.571. The molecule has 1 fully saturated rings. The summed E-state index contributed by atoms with van der Waals surface area (Å²) in [4.78, 5) is 0. The van der Waals surface area contributed by atoms with Crippen LogP contribution in [0.25, 0.3) is 0 Å². The average molecular weight is 271 g/mol. The van der Waals surface area contributed by atoms with Crippen LogP contribution < -0.4 is 0 Å². The molecule has 1 aromatic carbocycles. The van der Waals surface area contributed by atoms with E-state index in [1.165, 1.54) is 11.1 Å². The second kappa shape index (κ2) is 6.53. The Morgan fingerprint density at radius 2 is 2.17 bits per heavy atom. The third kappa shape index (κ3) is 3.45. The van der Waals surface area contributed by atoms with Crippen molar-refractivity contribution in [3.63, 3.8) is 0 Å². The normalized spacial score (nSPS) is 28.3. The van der Waals surface area contributed by atoms with E-state index in [0.717, 1.165) is 0 Å². The molecule has 2 rings (SSSR count). The van der Waals surface area contributed by atoms with Gasteiger partial charge in [-0.2, -0.15) is 0 Å². The van der Waals surface area contributed by atoms with Gasteiger partial charge in [0.05, 0.1) is 25.2 Å². The Morgan fingerprint density at radius 1 is 1.39 bits per heavy atom. The summed E-state index contributed by atoms with van der Waals surface area (Å²) in [6.45, 7) is 5.19. The molecule has 0 aromatic heterocycles. The van der Waals surface area contributed by atoms with E-state index in [2.05, 4.69) is 19.1 Å². The molecule has 18 heavy (non-hydrogen) atoms. The number of hydrogen-bond donors (Lipinski definition) is 0. The second-order valence-electron chi connectivity index (χ2n) is 4.53. The number of hydrogen-bond acceptors (Lipinski definition) is 3. The quantitative estimate of drug-likeness (QED) is 0.788. The van der Waals surface area contributed by atoms with Crippen LogP contribution in [0.15, 0.2) is 24.3 Å². The highest BCUT2D eigenvalue weighted by molar-refractivity contribution is 6.18. The molecule has 0 spiro atoms. The van der Waals surface area contributed by atoms with Crippen LogP contribution in [0.3, 0.4) is 0 Å². The van der Waals surface area contributed by atoms with Gasteiger partial charge in [0.25, 0.3) is 0 Å². The molecule has 3 atom stereocenters. The fourth-order valence-corrected chi connectivity index (χ4v) is 2.10. The lowest BCUT2D eigenvalue weighted by Crippen LogP contribution is -2.44. The van der Waals surface area contributed by atoms with Crippen molar-refractivity contribution >= 4 is 11.6 Å². The first-order valence-electron chi connectivity index (χ1n) is 6.20. The molecule has 3 nitrogen and oxygen atoms in total. The maximum absolute atomic E-state index is 5.86. The van der Waals surface area contributed by atoms with Gasteiger partial charge in [0.1, 0.15) is 6.10 Å². The van der Waals surface area contributed by atoms with E-state index >= 15 is 0 Å². The Kier molecular flexibility index (Phi) is 5.01. The van der Waals surface area contributed by atoms with Crippen molar-refractivity contribution in [3.05, 3.63) is 35.4 Å². The van der Waals surface area contributed by atoms with E-state index < -0.39 is 0 Å². The molecule has 0 unspecified atom stereocenters. The van der Waals surface area contributed by atoms with Gasteiger partial charge in [-0.15, -0.1) is 11.6 Å². The van der Waals surface area contributed by atoms with E-state index in [4.69, 9.17) is 25.8 Å². The van der Waals surface area contributed by atoms with E-state index in [1.54, 1.807) is 0 Å². The highest BCUT2D eigenvalue weighted by Gasteiger charge is 2.29. The van der Waals surface area contributed by atoms with Gasteiger partial charge in [0, 0.05) is 0 Å². The summed E-state index contributed by atoms with van der Waals surface area (Å²) in [6, 6.07) is 8.21. The first-order chi connectivity index (χ1) is 8.70. The highest BCUT2D eigenvalue weighted by Crippen LogP contribution is 2.18. The summed E-state index contributed by atoms with van der Waals surface area (Å²) in [6.07, 6.45) is -0.337. The number of alkyl halides is 1. The molecule has 1 aliphatic rings. The van der Waals surface area contributed by atoms with Crippen molar-refractivity contribution in [1.29, 1.82) is 0 Å². The number of halogens is 1. The minimum absolute atomic E-state index is 0.00604. The van der Waals surface area contributed by atoms with Crippen molar-refractivity contribution in [2.75, 3.05) is 12.5 Å². The summed E-state index contributed by atoms with van der Waals surface area (Å²) < 4.78 is 16.9. The Balaban J connectivity index is 1.86. The first-order valence-corrected chi connectivity index (χ1v) is 6.73. The van der Waals surface area contributed by atoms with Gasteiger partial charge in [-0.25, -0.2) is 0 Å². The smallest absolute Gasteiger partial charge is 0.171 e. The van der Waals surface area contributed by atoms with Gasteiger partial charge >= 0.3 is 0 Å². The summed E-state index contributed by atoms with van der Waals surface area (Å²) in [5, 5.41) is 0. The summed E-state index contributed by atoms with van der Waals surface area (Å²) in [5.41, 5.74) is 2.44. The van der Waals surface area contributed by atoms with Crippen LogP contribution in [0.4, 0.5) is 0 Å². The first kappa shape index (κ1) is 13.8. The van der Waals surface area contributed by atoms with Gasteiger partial charge < -0.3 is 14.2 Å². The molecule has 100 valence electrons. The monoisotopic (exact) mass is 270 g/mol. The zero-order valence-electron chi connectivity index (χ0n) is 10.8. The minimum Gasteiger partial charge on any atom is -0.368 e. The van der Waals surface area contributed by atoms with Crippen molar-refractivity contribution in [2.24, 2.45) is 0 Å².